The van der Waals surface area contributed by atoms with Gasteiger partial charge in [0.15, 0.2) is 0 Å². The number of nitrogens with zero attached hydrogens (tertiary/aromatic N) is 3. The maximum absolute atomic E-state index is 14.3. The largest absolute Gasteiger partial charge is 0.419 e. The number of hydrogen-bond donors (Lipinski definition) is 1. The summed E-state index contributed by atoms with van der Waals surface area (Å²) >= 11 is 7.90. The van der Waals surface area contributed by atoms with E-state index in [-0.39, 0.29) is 18.1 Å². The van der Waals surface area contributed by atoms with Crippen molar-refractivity contribution in [1.29, 1.82) is 0 Å². The summed E-state index contributed by atoms with van der Waals surface area (Å²) in [5, 5.41) is 3.06. The van der Waals surface area contributed by atoms with E-state index >= 15 is 0 Å². The number of benzene rings is 1. The van der Waals surface area contributed by atoms with Crippen LogP contribution in [0.15, 0.2) is 30.6 Å². The first-order valence-corrected chi connectivity index (χ1v) is 10.6. The normalized spacial score (nSPS) is 21.1. The van der Waals surface area contributed by atoms with Gasteiger partial charge >= 0.3 is 6.18 Å². The van der Waals surface area contributed by atoms with Crippen LogP contribution in [0.3, 0.4) is 0 Å². The van der Waals surface area contributed by atoms with Crippen molar-refractivity contribution < 1.29 is 26.7 Å². The summed E-state index contributed by atoms with van der Waals surface area (Å²) in [5.41, 5.74) is -0.801. The second kappa shape index (κ2) is 9.00. The summed E-state index contributed by atoms with van der Waals surface area (Å²) in [7, 11) is 0. The molecule has 5 nitrogen and oxygen atoms in total. The van der Waals surface area contributed by atoms with Crippen LogP contribution >= 0.6 is 34.2 Å². The molecule has 12 heteroatoms. The Labute approximate surface area is 193 Å². The van der Waals surface area contributed by atoms with Crippen LogP contribution in [-0.2, 0) is 6.18 Å². The second-order valence-corrected chi connectivity index (χ2v) is 8.93. The number of alkyl halides is 5. The molecule has 1 N–H and O–H groups in total. The molecular weight excluding hydrogens is 558 g/mol. The topological polar surface area (TPSA) is 58.1 Å². The number of amides is 1. The van der Waals surface area contributed by atoms with Crippen LogP contribution in [0.4, 0.5) is 27.9 Å². The molecule has 0 bridgehead atoms. The molecular formula is C19H17ClF5IN4O. The molecule has 0 saturated carbocycles. The molecule has 1 aromatic heterocycles. The maximum atomic E-state index is 14.3. The number of anilines is 1. The number of carbonyl (C=O) groups excluding carboxylic acids is 1. The molecule has 1 saturated heterocycles. The molecule has 2 aromatic rings. The highest BCUT2D eigenvalue weighted by Gasteiger charge is 2.46. The van der Waals surface area contributed by atoms with E-state index in [1.165, 1.54) is 6.07 Å². The molecule has 1 amide bonds. The molecule has 1 aliphatic rings. The first-order valence-electron chi connectivity index (χ1n) is 9.14. The summed E-state index contributed by atoms with van der Waals surface area (Å²) < 4.78 is 67.1. The number of hydrogen-bond acceptors (Lipinski definition) is 4. The van der Waals surface area contributed by atoms with Gasteiger partial charge in [-0.05, 0) is 46.7 Å². The highest BCUT2D eigenvalue weighted by atomic mass is 127. The second-order valence-electron chi connectivity index (χ2n) is 7.34. The molecule has 0 spiro atoms. The highest BCUT2D eigenvalue weighted by molar-refractivity contribution is 14.1. The average molecular weight is 575 g/mol. The standard InChI is InChI=1S/C19H17ClF5IN4O/c1-10-5-18(21,22)9-30(16(31)13-4-12(20)2-3-14(13)26)15(10)8-29-17-27-6-11(7-28-17)19(23,24)25/h2-4,6-7,10,15H,5,8-9H2,1H3,(H,27,28,29). The van der Waals surface area contributed by atoms with E-state index in [9.17, 15) is 26.7 Å². The SMILES string of the molecule is CC1CC(F)(F)CN(C(=O)c2cc(Cl)ccc2I)C1CNc1ncc(C(F)(F)F)cn1. The van der Waals surface area contributed by atoms with E-state index in [1.54, 1.807) is 19.1 Å². The molecule has 31 heavy (non-hydrogen) atoms. The van der Waals surface area contributed by atoms with Crippen LogP contribution in [0.1, 0.15) is 29.3 Å². The third-order valence-corrected chi connectivity index (χ3v) is 6.12. The van der Waals surface area contributed by atoms with Crippen molar-refractivity contribution in [2.75, 3.05) is 18.4 Å². The minimum absolute atomic E-state index is 0.00844. The van der Waals surface area contributed by atoms with Gasteiger partial charge in [-0.2, -0.15) is 13.2 Å². The minimum Gasteiger partial charge on any atom is -0.352 e. The van der Waals surface area contributed by atoms with Crippen molar-refractivity contribution in [3.05, 3.63) is 50.3 Å². The molecule has 1 aromatic carbocycles. The molecule has 2 unspecified atom stereocenters. The van der Waals surface area contributed by atoms with Crippen LogP contribution in [-0.4, -0.2) is 45.8 Å². The summed E-state index contributed by atoms with van der Waals surface area (Å²) in [5.74, 6) is -4.35. The maximum Gasteiger partial charge on any atom is 0.419 e. The third kappa shape index (κ3) is 5.73. The van der Waals surface area contributed by atoms with Gasteiger partial charge in [0.05, 0.1) is 23.7 Å². The van der Waals surface area contributed by atoms with Crippen molar-refractivity contribution in [2.24, 2.45) is 5.92 Å². The van der Waals surface area contributed by atoms with Gasteiger partial charge in [-0.25, -0.2) is 18.7 Å². The Morgan fingerprint density at radius 1 is 1.32 bits per heavy atom. The minimum atomic E-state index is -4.57. The Bertz CT molecular complexity index is 957. The molecule has 0 aliphatic carbocycles. The van der Waals surface area contributed by atoms with Crippen molar-refractivity contribution in [2.45, 2.75) is 31.5 Å². The number of nitrogens with one attached hydrogen (secondary N) is 1. The van der Waals surface area contributed by atoms with Gasteiger partial charge in [0, 0.05) is 34.0 Å². The Morgan fingerprint density at radius 2 is 1.97 bits per heavy atom. The molecule has 2 atom stereocenters. The first kappa shape index (κ1) is 23.9. The van der Waals surface area contributed by atoms with E-state index in [0.717, 1.165) is 4.90 Å². The molecule has 3 rings (SSSR count). The fourth-order valence-corrected chi connectivity index (χ4v) is 4.20. The zero-order valence-corrected chi connectivity index (χ0v) is 19.0. The molecule has 2 heterocycles. The predicted molar refractivity (Wildman–Crippen MR) is 113 cm³/mol. The quantitative estimate of drug-likeness (QED) is 0.395. The Balaban J connectivity index is 1.82. The number of rotatable bonds is 4. The van der Waals surface area contributed by atoms with E-state index in [2.05, 4.69) is 15.3 Å². The van der Waals surface area contributed by atoms with Gasteiger partial charge in [0.25, 0.3) is 11.8 Å². The molecule has 1 aliphatic heterocycles. The summed E-state index contributed by atoms with van der Waals surface area (Å²) in [4.78, 5) is 21.5. The summed E-state index contributed by atoms with van der Waals surface area (Å²) in [6.07, 6.45) is -3.74. The highest BCUT2D eigenvalue weighted by Crippen LogP contribution is 2.36. The van der Waals surface area contributed by atoms with Crippen molar-refractivity contribution in [1.82, 2.24) is 14.9 Å². The lowest BCUT2D eigenvalue weighted by Gasteiger charge is -2.43. The molecule has 0 radical (unpaired) electrons. The van der Waals surface area contributed by atoms with Crippen molar-refractivity contribution in [3.63, 3.8) is 0 Å². The first-order chi connectivity index (χ1) is 14.4. The van der Waals surface area contributed by atoms with Crippen LogP contribution in [0.5, 0.6) is 0 Å². The summed E-state index contributed by atoms with van der Waals surface area (Å²) in [6.45, 7) is 0.806. The lowest BCUT2D eigenvalue weighted by atomic mass is 9.88. The lowest BCUT2D eigenvalue weighted by Crippen LogP contribution is -2.57. The van der Waals surface area contributed by atoms with E-state index in [0.29, 0.717) is 21.0 Å². The number of halogens is 7. The smallest absolute Gasteiger partial charge is 0.352 e. The number of likely N-dealkylation sites (tertiary alicyclic amines) is 1. The van der Waals surface area contributed by atoms with Gasteiger partial charge in [-0.1, -0.05) is 18.5 Å². The van der Waals surface area contributed by atoms with Crippen LogP contribution in [0.2, 0.25) is 5.02 Å². The lowest BCUT2D eigenvalue weighted by molar-refractivity contribution is -0.138. The van der Waals surface area contributed by atoms with E-state index in [1.807, 2.05) is 22.6 Å². The summed E-state index contributed by atoms with van der Waals surface area (Å²) in [6, 6.07) is 3.97. The molecule has 168 valence electrons. The molecule has 1 fully saturated rings. The van der Waals surface area contributed by atoms with Crippen LogP contribution in [0.25, 0.3) is 0 Å². The van der Waals surface area contributed by atoms with Crippen molar-refractivity contribution in [3.8, 4) is 0 Å². The van der Waals surface area contributed by atoms with E-state index < -0.39 is 48.5 Å². The van der Waals surface area contributed by atoms with Crippen LogP contribution in [0, 0.1) is 9.49 Å². The van der Waals surface area contributed by atoms with Gasteiger partial charge in [0.1, 0.15) is 0 Å². The number of carbonyl (C=O) groups is 1. The fraction of sp³-hybridized carbons (Fsp3) is 0.421. The Kier molecular flexibility index (Phi) is 6.94. The Hall–Kier alpha value is -1.76. The van der Waals surface area contributed by atoms with Crippen LogP contribution < -0.4 is 5.32 Å². The Morgan fingerprint density at radius 3 is 2.58 bits per heavy atom. The average Bonchev–Trinajstić information content (AvgIpc) is 2.67. The predicted octanol–water partition coefficient (Wildman–Crippen LogP) is 5.35. The number of piperidine rings is 1. The van der Waals surface area contributed by atoms with Gasteiger partial charge in [-0.15, -0.1) is 0 Å². The van der Waals surface area contributed by atoms with E-state index in [4.69, 9.17) is 11.6 Å². The number of aromatic nitrogens is 2. The van der Waals surface area contributed by atoms with Gasteiger partial charge in [0.2, 0.25) is 5.95 Å². The van der Waals surface area contributed by atoms with Crippen molar-refractivity contribution >= 4 is 46.0 Å². The zero-order chi connectivity index (χ0) is 23.0. The van der Waals surface area contributed by atoms with Gasteiger partial charge in [-0.3, -0.25) is 4.79 Å². The zero-order valence-electron chi connectivity index (χ0n) is 16.1. The fourth-order valence-electron chi connectivity index (χ4n) is 3.46. The third-order valence-electron chi connectivity index (χ3n) is 4.95. The van der Waals surface area contributed by atoms with Gasteiger partial charge < -0.3 is 10.2 Å². The monoisotopic (exact) mass is 574 g/mol.